The number of methoxy groups -OCH3 is 1. The van der Waals surface area contributed by atoms with Gasteiger partial charge < -0.3 is 9.84 Å². The standard InChI is InChI=1S/C10H20O2/c1-4-6-10(12-3)9(2)7-5-8-11/h5,7,9-11H,4,6,8H2,1-3H3/b7-5+. The zero-order chi connectivity index (χ0) is 9.40. The Labute approximate surface area is 75.2 Å². The van der Waals surface area contributed by atoms with Crippen LogP contribution in [0.1, 0.15) is 26.7 Å². The molecule has 0 fully saturated rings. The van der Waals surface area contributed by atoms with E-state index in [9.17, 15) is 0 Å². The lowest BCUT2D eigenvalue weighted by atomic mass is 10.0. The Morgan fingerprint density at radius 3 is 2.58 bits per heavy atom. The SMILES string of the molecule is CCCC(OC)C(C)/C=C/CO. The number of aliphatic hydroxyl groups is 1. The van der Waals surface area contributed by atoms with E-state index < -0.39 is 0 Å². The molecule has 0 aromatic heterocycles. The minimum atomic E-state index is 0.118. The fourth-order valence-electron chi connectivity index (χ4n) is 1.28. The van der Waals surface area contributed by atoms with Crippen molar-refractivity contribution < 1.29 is 9.84 Å². The van der Waals surface area contributed by atoms with Gasteiger partial charge in [0.2, 0.25) is 0 Å². The molecule has 2 atom stereocenters. The van der Waals surface area contributed by atoms with Crippen LogP contribution in [0.5, 0.6) is 0 Å². The molecule has 0 heterocycles. The van der Waals surface area contributed by atoms with Gasteiger partial charge in [-0.1, -0.05) is 32.4 Å². The van der Waals surface area contributed by atoms with Crippen molar-refractivity contribution in [3.05, 3.63) is 12.2 Å². The summed E-state index contributed by atoms with van der Waals surface area (Å²) in [5, 5.41) is 8.57. The van der Waals surface area contributed by atoms with Crippen molar-refractivity contribution in [2.45, 2.75) is 32.8 Å². The Morgan fingerprint density at radius 1 is 1.50 bits per heavy atom. The summed E-state index contributed by atoms with van der Waals surface area (Å²) in [6.07, 6.45) is 6.28. The van der Waals surface area contributed by atoms with Crippen LogP contribution in [0.3, 0.4) is 0 Å². The van der Waals surface area contributed by atoms with Gasteiger partial charge in [-0.05, 0) is 6.42 Å². The largest absolute Gasteiger partial charge is 0.392 e. The smallest absolute Gasteiger partial charge is 0.0631 e. The van der Waals surface area contributed by atoms with E-state index >= 15 is 0 Å². The van der Waals surface area contributed by atoms with E-state index in [-0.39, 0.29) is 12.7 Å². The van der Waals surface area contributed by atoms with E-state index in [1.807, 2.05) is 6.08 Å². The first kappa shape index (κ1) is 11.7. The monoisotopic (exact) mass is 172 g/mol. The summed E-state index contributed by atoms with van der Waals surface area (Å²) < 4.78 is 5.32. The molecule has 72 valence electrons. The number of aliphatic hydroxyl groups excluding tert-OH is 1. The molecule has 0 amide bonds. The lowest BCUT2D eigenvalue weighted by molar-refractivity contribution is 0.0665. The first-order valence-electron chi connectivity index (χ1n) is 4.56. The van der Waals surface area contributed by atoms with Crippen LogP contribution < -0.4 is 0 Å². The minimum absolute atomic E-state index is 0.118. The molecule has 0 aromatic rings. The maximum Gasteiger partial charge on any atom is 0.0631 e. The van der Waals surface area contributed by atoms with Gasteiger partial charge >= 0.3 is 0 Å². The summed E-state index contributed by atoms with van der Waals surface area (Å²) in [7, 11) is 1.74. The quantitative estimate of drug-likeness (QED) is 0.621. The van der Waals surface area contributed by atoms with Crippen LogP contribution in [0.15, 0.2) is 12.2 Å². The number of rotatable bonds is 6. The molecular weight excluding hydrogens is 152 g/mol. The van der Waals surface area contributed by atoms with Crippen molar-refractivity contribution in [1.82, 2.24) is 0 Å². The Hall–Kier alpha value is -0.340. The third-order valence-corrected chi connectivity index (χ3v) is 2.01. The first-order valence-corrected chi connectivity index (χ1v) is 4.56. The molecule has 1 N–H and O–H groups in total. The van der Waals surface area contributed by atoms with Gasteiger partial charge in [-0.3, -0.25) is 0 Å². The molecule has 2 nitrogen and oxygen atoms in total. The van der Waals surface area contributed by atoms with Crippen molar-refractivity contribution in [2.24, 2.45) is 5.92 Å². The Bertz CT molecular complexity index is 121. The van der Waals surface area contributed by atoms with Gasteiger partial charge in [-0.15, -0.1) is 0 Å². The molecule has 0 spiro atoms. The van der Waals surface area contributed by atoms with Gasteiger partial charge in [0.25, 0.3) is 0 Å². The zero-order valence-corrected chi connectivity index (χ0v) is 8.29. The third-order valence-electron chi connectivity index (χ3n) is 2.01. The maximum absolute atomic E-state index is 8.57. The normalized spacial score (nSPS) is 16.7. The molecule has 0 saturated carbocycles. The number of hydrogen-bond donors (Lipinski definition) is 1. The van der Waals surface area contributed by atoms with Crippen LogP contribution in [0, 0.1) is 5.92 Å². The third kappa shape index (κ3) is 4.52. The summed E-state index contributed by atoms with van der Waals surface area (Å²) in [6.45, 7) is 4.37. The van der Waals surface area contributed by atoms with Crippen molar-refractivity contribution in [1.29, 1.82) is 0 Å². The highest BCUT2D eigenvalue weighted by molar-refractivity contribution is 4.89. The molecule has 0 saturated heterocycles. The van der Waals surface area contributed by atoms with Crippen molar-refractivity contribution >= 4 is 0 Å². The van der Waals surface area contributed by atoms with Crippen LogP contribution in [0.2, 0.25) is 0 Å². The number of ether oxygens (including phenoxy) is 1. The maximum atomic E-state index is 8.57. The van der Waals surface area contributed by atoms with E-state index in [0.29, 0.717) is 5.92 Å². The molecule has 2 unspecified atom stereocenters. The summed E-state index contributed by atoms with van der Waals surface area (Å²) >= 11 is 0. The molecule has 0 bridgehead atoms. The Morgan fingerprint density at radius 2 is 2.17 bits per heavy atom. The number of hydrogen-bond acceptors (Lipinski definition) is 2. The molecule has 0 aliphatic rings. The Kier molecular flexibility index (Phi) is 7.11. The topological polar surface area (TPSA) is 29.5 Å². The van der Waals surface area contributed by atoms with Crippen LogP contribution in [0.25, 0.3) is 0 Å². The van der Waals surface area contributed by atoms with E-state index in [0.717, 1.165) is 12.8 Å². The lowest BCUT2D eigenvalue weighted by Crippen LogP contribution is -2.18. The highest BCUT2D eigenvalue weighted by Crippen LogP contribution is 2.13. The molecule has 0 aromatic carbocycles. The molecule has 0 aliphatic heterocycles. The van der Waals surface area contributed by atoms with Crippen LogP contribution in [-0.4, -0.2) is 24.9 Å². The fraction of sp³-hybridized carbons (Fsp3) is 0.800. The molecular formula is C10H20O2. The Balaban J connectivity index is 3.84. The lowest BCUT2D eigenvalue weighted by Gasteiger charge is -2.18. The summed E-state index contributed by atoms with van der Waals surface area (Å²) in [5.74, 6) is 0.391. The second-order valence-corrected chi connectivity index (χ2v) is 3.03. The average Bonchev–Trinajstić information content (AvgIpc) is 2.10. The molecule has 0 rings (SSSR count). The first-order chi connectivity index (χ1) is 5.76. The van der Waals surface area contributed by atoms with E-state index in [4.69, 9.17) is 9.84 Å². The predicted molar refractivity (Wildman–Crippen MR) is 51.1 cm³/mol. The van der Waals surface area contributed by atoms with Gasteiger partial charge in [0, 0.05) is 13.0 Å². The zero-order valence-electron chi connectivity index (χ0n) is 8.29. The highest BCUT2D eigenvalue weighted by atomic mass is 16.5. The summed E-state index contributed by atoms with van der Waals surface area (Å²) in [6, 6.07) is 0. The average molecular weight is 172 g/mol. The second-order valence-electron chi connectivity index (χ2n) is 3.03. The highest BCUT2D eigenvalue weighted by Gasteiger charge is 2.11. The van der Waals surface area contributed by atoms with E-state index in [2.05, 4.69) is 13.8 Å². The molecule has 0 aliphatic carbocycles. The van der Waals surface area contributed by atoms with Gasteiger partial charge in [0.05, 0.1) is 12.7 Å². The van der Waals surface area contributed by atoms with Gasteiger partial charge in [0.15, 0.2) is 0 Å². The van der Waals surface area contributed by atoms with E-state index in [1.54, 1.807) is 13.2 Å². The van der Waals surface area contributed by atoms with Crippen LogP contribution >= 0.6 is 0 Å². The van der Waals surface area contributed by atoms with Crippen LogP contribution in [0.4, 0.5) is 0 Å². The van der Waals surface area contributed by atoms with Gasteiger partial charge in [-0.2, -0.15) is 0 Å². The fourth-order valence-corrected chi connectivity index (χ4v) is 1.28. The summed E-state index contributed by atoms with van der Waals surface area (Å²) in [4.78, 5) is 0. The van der Waals surface area contributed by atoms with E-state index in [1.165, 1.54) is 0 Å². The summed E-state index contributed by atoms with van der Waals surface area (Å²) in [5.41, 5.74) is 0. The predicted octanol–water partition coefficient (Wildman–Crippen LogP) is 1.99. The van der Waals surface area contributed by atoms with Gasteiger partial charge in [-0.25, -0.2) is 0 Å². The van der Waals surface area contributed by atoms with Crippen molar-refractivity contribution in [3.63, 3.8) is 0 Å². The van der Waals surface area contributed by atoms with Crippen molar-refractivity contribution in [2.75, 3.05) is 13.7 Å². The van der Waals surface area contributed by atoms with Gasteiger partial charge in [0.1, 0.15) is 0 Å². The molecule has 12 heavy (non-hydrogen) atoms. The molecule has 2 heteroatoms. The second kappa shape index (κ2) is 7.32. The van der Waals surface area contributed by atoms with Crippen molar-refractivity contribution in [3.8, 4) is 0 Å². The molecule has 0 radical (unpaired) electrons. The minimum Gasteiger partial charge on any atom is -0.392 e. The van der Waals surface area contributed by atoms with Crippen LogP contribution in [-0.2, 0) is 4.74 Å².